The van der Waals surface area contributed by atoms with Crippen LogP contribution in [0, 0.1) is 0 Å². The number of piperidine rings is 1. The number of hydrogen-bond acceptors (Lipinski definition) is 3. The average Bonchev–Trinajstić information content (AvgIpc) is 3.04. The number of hydrogen-bond donors (Lipinski definition) is 1. The largest absolute Gasteiger partial charge is 0.310 e. The lowest BCUT2D eigenvalue weighted by molar-refractivity contribution is 0.134. The van der Waals surface area contributed by atoms with Gasteiger partial charge in [0.15, 0.2) is 0 Å². The van der Waals surface area contributed by atoms with Gasteiger partial charge in [0.2, 0.25) is 0 Å². The monoisotopic (exact) mass is 264 g/mol. The minimum absolute atomic E-state index is 0.647. The molecule has 100 valence electrons. The molecule has 2 unspecified atom stereocenters. The summed E-state index contributed by atoms with van der Waals surface area (Å²) in [5, 5.41) is 6.02. The minimum Gasteiger partial charge on any atom is -0.310 e. The molecule has 2 atom stereocenters. The van der Waals surface area contributed by atoms with Crippen LogP contribution < -0.4 is 5.32 Å². The quantitative estimate of drug-likeness (QED) is 0.876. The zero-order valence-corrected chi connectivity index (χ0v) is 12.1. The molecule has 1 N–H and O–H groups in total. The third-order valence-electron chi connectivity index (χ3n) is 4.20. The van der Waals surface area contributed by atoms with Crippen molar-refractivity contribution < 1.29 is 0 Å². The molecule has 2 nitrogen and oxygen atoms in total. The molecule has 0 aromatic carbocycles. The van der Waals surface area contributed by atoms with E-state index >= 15 is 0 Å². The minimum atomic E-state index is 0.647. The third kappa shape index (κ3) is 2.95. The van der Waals surface area contributed by atoms with Crippen LogP contribution in [0.4, 0.5) is 0 Å². The molecule has 18 heavy (non-hydrogen) atoms. The highest BCUT2D eigenvalue weighted by molar-refractivity contribution is 7.10. The van der Waals surface area contributed by atoms with Gasteiger partial charge < -0.3 is 5.32 Å². The second kappa shape index (κ2) is 5.72. The van der Waals surface area contributed by atoms with Gasteiger partial charge in [-0.2, -0.15) is 0 Å². The summed E-state index contributed by atoms with van der Waals surface area (Å²) in [7, 11) is 0. The Morgan fingerprint density at radius 3 is 2.94 bits per heavy atom. The van der Waals surface area contributed by atoms with Crippen LogP contribution >= 0.6 is 11.3 Å². The molecular formula is C15H24N2S. The fraction of sp³-hybridized carbons (Fsp3) is 0.733. The topological polar surface area (TPSA) is 15.3 Å². The van der Waals surface area contributed by atoms with Gasteiger partial charge in [0.05, 0.1) is 0 Å². The zero-order chi connectivity index (χ0) is 12.4. The van der Waals surface area contributed by atoms with E-state index in [1.807, 2.05) is 11.3 Å². The third-order valence-corrected chi connectivity index (χ3v) is 5.17. The fourth-order valence-electron chi connectivity index (χ4n) is 3.13. The van der Waals surface area contributed by atoms with Crippen molar-refractivity contribution >= 4 is 11.3 Å². The molecular weight excluding hydrogens is 240 g/mol. The van der Waals surface area contributed by atoms with Crippen molar-refractivity contribution in [2.24, 2.45) is 0 Å². The van der Waals surface area contributed by atoms with E-state index in [-0.39, 0.29) is 0 Å². The molecule has 3 heteroatoms. The van der Waals surface area contributed by atoms with Crippen LogP contribution in [0.5, 0.6) is 0 Å². The molecule has 1 aromatic rings. The van der Waals surface area contributed by atoms with Gasteiger partial charge >= 0.3 is 0 Å². The molecule has 1 saturated carbocycles. The maximum Gasteiger partial charge on any atom is 0.0439 e. The van der Waals surface area contributed by atoms with Crippen molar-refractivity contribution in [2.75, 3.05) is 13.1 Å². The summed E-state index contributed by atoms with van der Waals surface area (Å²) in [6.45, 7) is 4.84. The summed E-state index contributed by atoms with van der Waals surface area (Å²) in [5.74, 6) is 0. The fourth-order valence-corrected chi connectivity index (χ4v) is 4.07. The predicted molar refractivity (Wildman–Crippen MR) is 78.1 cm³/mol. The second-order valence-electron chi connectivity index (χ2n) is 5.71. The molecule has 0 spiro atoms. The number of nitrogens with one attached hydrogen (secondary N) is 1. The van der Waals surface area contributed by atoms with E-state index in [4.69, 9.17) is 0 Å². The number of thiophene rings is 1. The second-order valence-corrected chi connectivity index (χ2v) is 6.69. The van der Waals surface area contributed by atoms with Crippen molar-refractivity contribution in [1.82, 2.24) is 10.2 Å². The van der Waals surface area contributed by atoms with Crippen LogP contribution in [0.25, 0.3) is 0 Å². The highest BCUT2D eigenvalue weighted by atomic mass is 32.1. The molecule has 0 radical (unpaired) electrons. The normalized spacial score (nSPS) is 27.3. The van der Waals surface area contributed by atoms with Gasteiger partial charge in [-0.1, -0.05) is 13.0 Å². The summed E-state index contributed by atoms with van der Waals surface area (Å²) >= 11 is 1.91. The lowest BCUT2D eigenvalue weighted by atomic mass is 10.0. The Kier molecular flexibility index (Phi) is 4.02. The Bertz CT molecular complexity index is 359. The van der Waals surface area contributed by atoms with E-state index in [1.54, 1.807) is 4.88 Å². The Balaban J connectivity index is 1.62. The van der Waals surface area contributed by atoms with Crippen LogP contribution in [0.2, 0.25) is 0 Å². The van der Waals surface area contributed by atoms with Crippen molar-refractivity contribution in [1.29, 1.82) is 0 Å². The molecule has 1 aliphatic heterocycles. The first-order chi connectivity index (χ1) is 8.86. The van der Waals surface area contributed by atoms with Gasteiger partial charge in [-0.25, -0.2) is 0 Å². The lowest BCUT2D eigenvalue weighted by Gasteiger charge is -2.38. The first-order valence-corrected chi connectivity index (χ1v) is 8.28. The number of nitrogens with zero attached hydrogens (tertiary/aromatic N) is 1. The van der Waals surface area contributed by atoms with Crippen molar-refractivity contribution in [3.05, 3.63) is 22.4 Å². The lowest BCUT2D eigenvalue weighted by Crippen LogP contribution is -2.47. The highest BCUT2D eigenvalue weighted by Crippen LogP contribution is 2.31. The van der Waals surface area contributed by atoms with E-state index in [2.05, 4.69) is 34.7 Å². The van der Waals surface area contributed by atoms with Gasteiger partial charge in [-0.05, 0) is 50.1 Å². The predicted octanol–water partition coefficient (Wildman–Crippen LogP) is 3.42. The van der Waals surface area contributed by atoms with E-state index in [9.17, 15) is 0 Å². The van der Waals surface area contributed by atoms with Gasteiger partial charge in [-0.3, -0.25) is 4.90 Å². The molecule has 1 aliphatic carbocycles. The maximum atomic E-state index is 3.81. The average molecular weight is 264 g/mol. The summed E-state index contributed by atoms with van der Waals surface area (Å²) < 4.78 is 0. The number of rotatable bonds is 5. The van der Waals surface area contributed by atoms with Crippen molar-refractivity contribution in [3.63, 3.8) is 0 Å². The van der Waals surface area contributed by atoms with E-state index in [0.29, 0.717) is 6.04 Å². The Morgan fingerprint density at radius 2 is 2.28 bits per heavy atom. The van der Waals surface area contributed by atoms with Crippen LogP contribution in [0.15, 0.2) is 17.5 Å². The molecule has 0 bridgehead atoms. The highest BCUT2D eigenvalue weighted by Gasteiger charge is 2.30. The van der Waals surface area contributed by atoms with Crippen LogP contribution in [0.3, 0.4) is 0 Å². The van der Waals surface area contributed by atoms with Crippen LogP contribution in [-0.2, 0) is 0 Å². The maximum absolute atomic E-state index is 3.81. The SMILES string of the molecule is CCC(c1cccs1)N1CCCC(NC2CC2)C1. The van der Waals surface area contributed by atoms with E-state index in [0.717, 1.165) is 12.1 Å². The molecule has 2 fully saturated rings. The van der Waals surface area contributed by atoms with E-state index < -0.39 is 0 Å². The zero-order valence-electron chi connectivity index (χ0n) is 11.3. The first kappa shape index (κ1) is 12.6. The standard InChI is InChI=1S/C15H24N2S/c1-2-14(15-6-4-10-18-15)17-9-3-5-13(11-17)16-12-7-8-12/h4,6,10,12-14,16H,2-3,5,7-9,11H2,1H3. The smallest absolute Gasteiger partial charge is 0.0439 e. The van der Waals surface area contributed by atoms with Gasteiger partial charge in [0.1, 0.15) is 0 Å². The van der Waals surface area contributed by atoms with Gasteiger partial charge in [0, 0.05) is 29.5 Å². The summed E-state index contributed by atoms with van der Waals surface area (Å²) in [6, 6.07) is 6.72. The Hall–Kier alpha value is -0.380. The summed E-state index contributed by atoms with van der Waals surface area (Å²) in [5.41, 5.74) is 0. The number of likely N-dealkylation sites (tertiary alicyclic amines) is 1. The summed E-state index contributed by atoms with van der Waals surface area (Å²) in [4.78, 5) is 4.25. The molecule has 2 aliphatic rings. The molecule has 3 rings (SSSR count). The van der Waals surface area contributed by atoms with Gasteiger partial charge in [0.25, 0.3) is 0 Å². The first-order valence-electron chi connectivity index (χ1n) is 7.40. The van der Waals surface area contributed by atoms with Crippen LogP contribution in [0.1, 0.15) is 49.9 Å². The molecule has 1 saturated heterocycles. The van der Waals surface area contributed by atoms with Crippen molar-refractivity contribution in [3.8, 4) is 0 Å². The van der Waals surface area contributed by atoms with E-state index in [1.165, 1.54) is 45.2 Å². The summed E-state index contributed by atoms with van der Waals surface area (Å²) in [6.07, 6.45) is 6.76. The molecule has 0 amide bonds. The Labute approximate surface area is 114 Å². The Morgan fingerprint density at radius 1 is 1.39 bits per heavy atom. The van der Waals surface area contributed by atoms with Crippen molar-refractivity contribution in [2.45, 2.75) is 57.2 Å². The van der Waals surface area contributed by atoms with Crippen LogP contribution in [-0.4, -0.2) is 30.1 Å². The van der Waals surface area contributed by atoms with Gasteiger partial charge in [-0.15, -0.1) is 11.3 Å². The molecule has 1 aromatic heterocycles. The molecule has 2 heterocycles.